The molecule has 1 amide bonds. The maximum absolute atomic E-state index is 13.0. The highest BCUT2D eigenvalue weighted by Gasteiger charge is 2.30. The number of anilines is 2. The lowest BCUT2D eigenvalue weighted by Crippen LogP contribution is -2.45. The largest absolute Gasteiger partial charge is 0.494 e. The molecule has 0 unspecified atom stereocenters. The number of benzene rings is 1. The van der Waals surface area contributed by atoms with Gasteiger partial charge in [0.15, 0.2) is 0 Å². The Morgan fingerprint density at radius 3 is 2.50 bits per heavy atom. The Labute approximate surface area is 197 Å². The molecule has 4 rings (SSSR count). The average Bonchev–Trinajstić information content (AvgIpc) is 2.85. The van der Waals surface area contributed by atoms with Crippen LogP contribution in [-0.4, -0.2) is 53.6 Å². The molecule has 1 aromatic carbocycles. The molecule has 7 nitrogen and oxygen atoms in total. The monoisotopic (exact) mass is 468 g/mol. The number of rotatable bonds is 7. The Morgan fingerprint density at radius 1 is 1.12 bits per heavy atom. The van der Waals surface area contributed by atoms with Crippen molar-refractivity contribution >= 4 is 17.3 Å². The van der Waals surface area contributed by atoms with E-state index in [1.165, 1.54) is 12.1 Å². The fourth-order valence-corrected chi connectivity index (χ4v) is 4.25. The average molecular weight is 469 g/mol. The Hall–Kier alpha value is -3.75. The van der Waals surface area contributed by atoms with Gasteiger partial charge in [-0.05, 0) is 56.2 Å². The van der Waals surface area contributed by atoms with Crippen molar-refractivity contribution in [3.05, 3.63) is 72.3 Å². The maximum Gasteiger partial charge on any atom is 0.387 e. The molecule has 2 aromatic heterocycles. The number of ether oxygens (including phenoxy) is 2. The molecule has 0 aliphatic carbocycles. The molecule has 0 spiro atoms. The molecule has 0 N–H and O–H groups in total. The van der Waals surface area contributed by atoms with Crippen LogP contribution in [0.2, 0.25) is 0 Å². The number of hydrogen-bond donors (Lipinski definition) is 0. The number of nitrogens with zero attached hydrogens (tertiary/aromatic N) is 4. The second-order valence-electron chi connectivity index (χ2n) is 8.00. The predicted molar refractivity (Wildman–Crippen MR) is 124 cm³/mol. The third kappa shape index (κ3) is 5.24. The van der Waals surface area contributed by atoms with Crippen molar-refractivity contribution in [2.45, 2.75) is 32.4 Å². The van der Waals surface area contributed by atoms with Gasteiger partial charge in [0.05, 0.1) is 13.3 Å². The number of pyridine rings is 2. The van der Waals surface area contributed by atoms with Crippen LogP contribution in [0.3, 0.4) is 0 Å². The summed E-state index contributed by atoms with van der Waals surface area (Å²) in [6.07, 6.45) is 6.44. The number of aromatic nitrogens is 2. The van der Waals surface area contributed by atoms with Gasteiger partial charge >= 0.3 is 6.61 Å². The van der Waals surface area contributed by atoms with Crippen LogP contribution in [0.15, 0.2) is 61.1 Å². The molecule has 0 saturated carbocycles. The van der Waals surface area contributed by atoms with Gasteiger partial charge in [0.2, 0.25) is 0 Å². The van der Waals surface area contributed by atoms with Gasteiger partial charge in [-0.25, -0.2) is 0 Å². The summed E-state index contributed by atoms with van der Waals surface area (Å²) in [5, 5.41) is 0. The summed E-state index contributed by atoms with van der Waals surface area (Å²) in [7, 11) is 1.59. The number of alkyl halides is 2. The van der Waals surface area contributed by atoms with E-state index >= 15 is 0 Å². The summed E-state index contributed by atoms with van der Waals surface area (Å²) in [5.41, 5.74) is 2.99. The van der Waals surface area contributed by atoms with E-state index in [4.69, 9.17) is 4.74 Å². The van der Waals surface area contributed by atoms with Crippen LogP contribution < -0.4 is 14.4 Å². The topological polar surface area (TPSA) is 67.8 Å². The Kier molecular flexibility index (Phi) is 7.20. The first-order valence-corrected chi connectivity index (χ1v) is 11.0. The summed E-state index contributed by atoms with van der Waals surface area (Å²) < 4.78 is 35.2. The molecule has 3 heterocycles. The molecular weight excluding hydrogens is 442 g/mol. The highest BCUT2D eigenvalue weighted by Crippen LogP contribution is 2.38. The van der Waals surface area contributed by atoms with E-state index in [0.717, 1.165) is 17.1 Å². The standard InChI is InChI=1S/C25H26F2N4O3/c1-17-15-18(7-12-29-17)24(32)30-13-9-20(10-14-30)31(22-16-28-11-8-23(22)33-2)19-3-5-21(6-4-19)34-25(26)27/h3-8,11-12,15-16,20,25H,9-10,13-14H2,1-2H3. The quantitative estimate of drug-likeness (QED) is 0.495. The first-order chi connectivity index (χ1) is 16.5. The predicted octanol–water partition coefficient (Wildman–Crippen LogP) is 4.84. The first-order valence-electron chi connectivity index (χ1n) is 11.0. The number of halogens is 2. The van der Waals surface area contributed by atoms with Gasteiger partial charge in [-0.2, -0.15) is 8.78 Å². The molecule has 178 valence electrons. The van der Waals surface area contributed by atoms with Crippen LogP contribution in [0.25, 0.3) is 0 Å². The Balaban J connectivity index is 1.57. The minimum atomic E-state index is -2.88. The zero-order chi connectivity index (χ0) is 24.1. The van der Waals surface area contributed by atoms with E-state index < -0.39 is 6.61 Å². The van der Waals surface area contributed by atoms with Crippen molar-refractivity contribution in [2.75, 3.05) is 25.1 Å². The molecular formula is C25H26F2N4O3. The normalized spacial score (nSPS) is 14.2. The lowest BCUT2D eigenvalue weighted by Gasteiger charge is -2.40. The first kappa shape index (κ1) is 23.4. The van der Waals surface area contributed by atoms with E-state index in [-0.39, 0.29) is 17.7 Å². The van der Waals surface area contributed by atoms with E-state index in [2.05, 4.69) is 19.6 Å². The Morgan fingerprint density at radius 2 is 1.85 bits per heavy atom. The summed E-state index contributed by atoms with van der Waals surface area (Å²) in [4.78, 5) is 25.3. The smallest absolute Gasteiger partial charge is 0.387 e. The third-order valence-electron chi connectivity index (χ3n) is 5.84. The second-order valence-corrected chi connectivity index (χ2v) is 8.00. The molecule has 1 saturated heterocycles. The maximum atomic E-state index is 13.0. The summed E-state index contributed by atoms with van der Waals surface area (Å²) in [6.45, 7) is 0.138. The number of carbonyl (C=O) groups excluding carboxylic acids is 1. The van der Waals surface area contributed by atoms with Crippen LogP contribution in [0.4, 0.5) is 20.2 Å². The van der Waals surface area contributed by atoms with Crippen molar-refractivity contribution in [3.8, 4) is 11.5 Å². The van der Waals surface area contributed by atoms with Gasteiger partial charge in [-0.1, -0.05) is 0 Å². The minimum absolute atomic E-state index is 0.0111. The van der Waals surface area contributed by atoms with Gasteiger partial charge in [-0.15, -0.1) is 0 Å². The van der Waals surface area contributed by atoms with Crippen molar-refractivity contribution in [2.24, 2.45) is 0 Å². The highest BCUT2D eigenvalue weighted by atomic mass is 19.3. The molecule has 0 radical (unpaired) electrons. The molecule has 1 aliphatic rings. The Bertz CT molecular complexity index is 1120. The van der Waals surface area contributed by atoms with Crippen LogP contribution in [0.5, 0.6) is 11.5 Å². The van der Waals surface area contributed by atoms with Crippen molar-refractivity contribution < 1.29 is 23.0 Å². The van der Waals surface area contributed by atoms with Gasteiger partial charge < -0.3 is 19.3 Å². The lowest BCUT2D eigenvalue weighted by molar-refractivity contribution is -0.0498. The fourth-order valence-electron chi connectivity index (χ4n) is 4.25. The molecule has 1 aliphatic heterocycles. The lowest BCUT2D eigenvalue weighted by atomic mass is 10.0. The second kappa shape index (κ2) is 10.5. The van der Waals surface area contributed by atoms with Gasteiger partial charge in [0.1, 0.15) is 17.2 Å². The molecule has 9 heteroatoms. The molecule has 1 fully saturated rings. The molecule has 0 bridgehead atoms. The number of methoxy groups -OCH3 is 1. The van der Waals surface area contributed by atoms with E-state index in [1.54, 1.807) is 56.0 Å². The molecule has 34 heavy (non-hydrogen) atoms. The van der Waals surface area contributed by atoms with Crippen LogP contribution >= 0.6 is 0 Å². The van der Waals surface area contributed by atoms with Crippen LogP contribution in [0, 0.1) is 6.92 Å². The van der Waals surface area contributed by atoms with Crippen LogP contribution in [-0.2, 0) is 0 Å². The van der Waals surface area contributed by atoms with Crippen molar-refractivity contribution in [3.63, 3.8) is 0 Å². The minimum Gasteiger partial charge on any atom is -0.494 e. The van der Waals surface area contributed by atoms with Gasteiger partial charge in [-0.3, -0.25) is 14.8 Å². The number of aryl methyl sites for hydroxylation is 1. The SMILES string of the molecule is COc1ccncc1N(c1ccc(OC(F)F)cc1)C1CCN(C(=O)c2ccnc(C)c2)CC1. The van der Waals surface area contributed by atoms with Crippen LogP contribution in [0.1, 0.15) is 28.9 Å². The van der Waals surface area contributed by atoms with Crippen molar-refractivity contribution in [1.29, 1.82) is 0 Å². The zero-order valence-electron chi connectivity index (χ0n) is 19.0. The van der Waals surface area contributed by atoms with E-state index in [0.29, 0.717) is 37.2 Å². The van der Waals surface area contributed by atoms with Gasteiger partial charge in [0, 0.05) is 54.5 Å². The van der Waals surface area contributed by atoms with E-state index in [9.17, 15) is 13.6 Å². The van der Waals surface area contributed by atoms with E-state index in [1.807, 2.05) is 11.8 Å². The highest BCUT2D eigenvalue weighted by molar-refractivity contribution is 5.94. The number of carbonyl (C=O) groups is 1. The fraction of sp³-hybridized carbons (Fsp3) is 0.320. The number of amides is 1. The summed E-state index contributed by atoms with van der Waals surface area (Å²) in [6, 6.07) is 11.9. The zero-order valence-corrected chi connectivity index (χ0v) is 19.0. The number of likely N-dealkylation sites (tertiary alicyclic amines) is 1. The third-order valence-corrected chi connectivity index (χ3v) is 5.84. The number of piperidine rings is 1. The molecule has 0 atom stereocenters. The van der Waals surface area contributed by atoms with Gasteiger partial charge in [0.25, 0.3) is 5.91 Å². The van der Waals surface area contributed by atoms with Crippen molar-refractivity contribution in [1.82, 2.24) is 14.9 Å². The molecule has 3 aromatic rings. The number of hydrogen-bond acceptors (Lipinski definition) is 6. The summed E-state index contributed by atoms with van der Waals surface area (Å²) in [5.74, 6) is 0.724. The summed E-state index contributed by atoms with van der Waals surface area (Å²) >= 11 is 0.